The van der Waals surface area contributed by atoms with E-state index >= 15 is 0 Å². The number of Topliss-reactive ketones (excluding diaryl/α,β-unsaturated/α-hetero) is 2. The van der Waals surface area contributed by atoms with Crippen molar-refractivity contribution >= 4 is 33.2 Å². The molecule has 0 unspecified atom stereocenters. The zero-order valence-corrected chi connectivity index (χ0v) is 12.3. The Kier molecular flexibility index (Phi) is 4.74. The number of hydrogen-bond acceptors (Lipinski definition) is 4. The Balaban J connectivity index is 2.08. The van der Waals surface area contributed by atoms with Crippen LogP contribution >= 0.6 is 15.9 Å². The molecule has 4 nitrogen and oxygen atoms in total. The maximum atomic E-state index is 11.6. The molecule has 104 valence electrons. The van der Waals surface area contributed by atoms with E-state index in [0.717, 1.165) is 10.2 Å². The molecule has 0 aliphatic heterocycles. The fourth-order valence-electron chi connectivity index (χ4n) is 1.95. The highest BCUT2D eigenvalue weighted by Crippen LogP contribution is 2.19. The first-order chi connectivity index (χ1) is 9.58. The second kappa shape index (κ2) is 6.52. The van der Waals surface area contributed by atoms with Crippen LogP contribution in [0.3, 0.4) is 0 Å². The van der Waals surface area contributed by atoms with Crippen molar-refractivity contribution in [3.8, 4) is 0 Å². The number of carbonyl (C=O) groups excluding carboxylic acids is 2. The molecule has 20 heavy (non-hydrogen) atoms. The molecule has 0 bridgehead atoms. The van der Waals surface area contributed by atoms with Gasteiger partial charge in [0.25, 0.3) is 0 Å². The second-order valence-electron chi connectivity index (χ2n) is 4.44. The van der Waals surface area contributed by atoms with Crippen molar-refractivity contribution in [3.63, 3.8) is 0 Å². The third kappa shape index (κ3) is 3.57. The lowest BCUT2D eigenvalue weighted by Crippen LogP contribution is -2.20. The highest BCUT2D eigenvalue weighted by Gasteiger charge is 2.25. The van der Waals surface area contributed by atoms with Gasteiger partial charge in [-0.3, -0.25) is 9.59 Å². The van der Waals surface area contributed by atoms with Crippen LogP contribution in [-0.4, -0.2) is 16.7 Å². The van der Waals surface area contributed by atoms with Crippen molar-refractivity contribution in [2.45, 2.75) is 19.3 Å². The minimum absolute atomic E-state index is 0.0786. The summed E-state index contributed by atoms with van der Waals surface area (Å²) in [5.74, 6) is -0.844. The zero-order valence-electron chi connectivity index (χ0n) is 10.7. The fraction of sp³-hybridized carbons (Fsp3) is 0.200. The lowest BCUT2D eigenvalue weighted by Gasteiger charge is -2.12. The number of ketones is 2. The van der Waals surface area contributed by atoms with Gasteiger partial charge < -0.3 is 10.4 Å². The Bertz CT molecular complexity index is 570. The average Bonchev–Trinajstić information content (AvgIpc) is 2.41. The first-order valence-corrected chi connectivity index (χ1v) is 7.05. The Hall–Kier alpha value is -1.88. The van der Waals surface area contributed by atoms with Gasteiger partial charge in [0, 0.05) is 29.2 Å². The molecule has 0 atom stereocenters. The Labute approximate surface area is 125 Å². The van der Waals surface area contributed by atoms with Gasteiger partial charge in [-0.15, -0.1) is 0 Å². The van der Waals surface area contributed by atoms with Crippen LogP contribution in [0.5, 0.6) is 0 Å². The van der Waals surface area contributed by atoms with E-state index in [-0.39, 0.29) is 22.9 Å². The molecule has 1 aliphatic carbocycles. The summed E-state index contributed by atoms with van der Waals surface area (Å²) < 4.78 is 0.968. The van der Waals surface area contributed by atoms with E-state index in [2.05, 4.69) is 21.2 Å². The summed E-state index contributed by atoms with van der Waals surface area (Å²) in [6.07, 6.45) is 4.03. The van der Waals surface area contributed by atoms with E-state index in [0.29, 0.717) is 19.3 Å². The van der Waals surface area contributed by atoms with Gasteiger partial charge >= 0.3 is 0 Å². The molecule has 1 aromatic rings. The van der Waals surface area contributed by atoms with Crippen LogP contribution < -0.4 is 5.32 Å². The summed E-state index contributed by atoms with van der Waals surface area (Å²) >= 11 is 3.33. The molecule has 1 fully saturated rings. The molecule has 0 radical (unpaired) electrons. The van der Waals surface area contributed by atoms with Gasteiger partial charge in [0.1, 0.15) is 11.3 Å². The van der Waals surface area contributed by atoms with Gasteiger partial charge in [-0.1, -0.05) is 15.9 Å². The fourth-order valence-corrected chi connectivity index (χ4v) is 2.21. The predicted molar refractivity (Wildman–Crippen MR) is 80.4 cm³/mol. The van der Waals surface area contributed by atoms with Gasteiger partial charge in [-0.2, -0.15) is 0 Å². The van der Waals surface area contributed by atoms with Crippen LogP contribution in [0, 0.1) is 0 Å². The molecule has 0 spiro atoms. The molecule has 0 aromatic heterocycles. The van der Waals surface area contributed by atoms with E-state index in [9.17, 15) is 14.7 Å². The van der Waals surface area contributed by atoms with Crippen LogP contribution in [0.2, 0.25) is 0 Å². The second-order valence-corrected chi connectivity index (χ2v) is 5.36. The first-order valence-electron chi connectivity index (χ1n) is 6.26. The first kappa shape index (κ1) is 14.5. The summed E-state index contributed by atoms with van der Waals surface area (Å²) in [6, 6.07) is 7.47. The number of aliphatic hydroxyl groups excluding tert-OH is 1. The zero-order chi connectivity index (χ0) is 14.5. The van der Waals surface area contributed by atoms with Gasteiger partial charge in [-0.05, 0) is 36.8 Å². The van der Waals surface area contributed by atoms with E-state index in [1.165, 1.54) is 12.3 Å². The molecule has 5 heteroatoms. The number of hydrogen-bond donors (Lipinski definition) is 2. The van der Waals surface area contributed by atoms with Crippen molar-refractivity contribution in [2.24, 2.45) is 0 Å². The number of halogens is 1. The third-order valence-corrected chi connectivity index (χ3v) is 3.49. The number of rotatable bonds is 3. The Morgan fingerprint density at radius 1 is 1.15 bits per heavy atom. The highest BCUT2D eigenvalue weighted by atomic mass is 79.9. The summed E-state index contributed by atoms with van der Waals surface area (Å²) in [6.45, 7) is 0. The summed E-state index contributed by atoms with van der Waals surface area (Å²) in [4.78, 5) is 23.2. The minimum atomic E-state index is -0.285. The topological polar surface area (TPSA) is 66.4 Å². The SMILES string of the molecule is O=C1CCCC(=O)C1=C(O)/C=C\Nc1ccc(Br)cc1. The van der Waals surface area contributed by atoms with Crippen LogP contribution in [-0.2, 0) is 9.59 Å². The molecule has 0 amide bonds. The van der Waals surface area contributed by atoms with Crippen molar-refractivity contribution in [1.29, 1.82) is 0 Å². The lowest BCUT2D eigenvalue weighted by atomic mass is 9.91. The molecule has 2 rings (SSSR count). The van der Waals surface area contributed by atoms with E-state index in [1.54, 1.807) is 0 Å². The van der Waals surface area contributed by atoms with Gasteiger partial charge in [-0.25, -0.2) is 0 Å². The highest BCUT2D eigenvalue weighted by molar-refractivity contribution is 9.10. The summed E-state index contributed by atoms with van der Waals surface area (Å²) in [5.41, 5.74) is 0.758. The summed E-state index contributed by atoms with van der Waals surface area (Å²) in [5, 5.41) is 12.8. The smallest absolute Gasteiger partial charge is 0.170 e. The normalized spacial score (nSPS) is 15.8. The Morgan fingerprint density at radius 2 is 1.75 bits per heavy atom. The minimum Gasteiger partial charge on any atom is -0.507 e. The largest absolute Gasteiger partial charge is 0.507 e. The number of carbonyl (C=O) groups is 2. The van der Waals surface area contributed by atoms with Crippen molar-refractivity contribution < 1.29 is 14.7 Å². The molecular formula is C15H14BrNO3. The Morgan fingerprint density at radius 3 is 2.35 bits per heavy atom. The van der Waals surface area contributed by atoms with Crippen LogP contribution in [0.1, 0.15) is 19.3 Å². The van der Waals surface area contributed by atoms with Crippen molar-refractivity contribution in [3.05, 3.63) is 52.3 Å². The third-order valence-electron chi connectivity index (χ3n) is 2.96. The van der Waals surface area contributed by atoms with Crippen LogP contribution in [0.25, 0.3) is 0 Å². The van der Waals surface area contributed by atoms with E-state index < -0.39 is 0 Å². The summed E-state index contributed by atoms with van der Waals surface area (Å²) in [7, 11) is 0. The number of allylic oxidation sites excluding steroid dienone is 2. The molecule has 2 N–H and O–H groups in total. The van der Waals surface area contributed by atoms with Gasteiger partial charge in [0.05, 0.1) is 0 Å². The van der Waals surface area contributed by atoms with Crippen LogP contribution in [0.4, 0.5) is 5.69 Å². The molecule has 0 heterocycles. The molecule has 1 aliphatic rings. The molecule has 1 aromatic carbocycles. The molecular weight excluding hydrogens is 322 g/mol. The maximum absolute atomic E-state index is 11.6. The average molecular weight is 336 g/mol. The standard InChI is InChI=1S/C15H14BrNO3/c16-10-4-6-11(7-5-10)17-9-8-14(20)15-12(18)2-1-3-13(15)19/h4-9,17,20H,1-3H2/b9-8-. The maximum Gasteiger partial charge on any atom is 0.170 e. The lowest BCUT2D eigenvalue weighted by molar-refractivity contribution is -0.124. The number of anilines is 1. The van der Waals surface area contributed by atoms with E-state index in [4.69, 9.17) is 0 Å². The number of benzene rings is 1. The van der Waals surface area contributed by atoms with Crippen molar-refractivity contribution in [2.75, 3.05) is 5.32 Å². The van der Waals surface area contributed by atoms with Gasteiger partial charge in [0.2, 0.25) is 0 Å². The van der Waals surface area contributed by atoms with Gasteiger partial charge in [0.15, 0.2) is 11.6 Å². The van der Waals surface area contributed by atoms with Crippen molar-refractivity contribution in [1.82, 2.24) is 0 Å². The number of aliphatic hydroxyl groups is 1. The predicted octanol–water partition coefficient (Wildman–Crippen LogP) is 3.51. The number of nitrogens with one attached hydrogen (secondary N) is 1. The molecule has 0 saturated heterocycles. The quantitative estimate of drug-likeness (QED) is 0.504. The van der Waals surface area contributed by atoms with Crippen LogP contribution in [0.15, 0.2) is 52.3 Å². The van der Waals surface area contributed by atoms with E-state index in [1.807, 2.05) is 24.3 Å². The molecule has 1 saturated carbocycles. The monoisotopic (exact) mass is 335 g/mol.